The Labute approximate surface area is 170 Å². The summed E-state index contributed by atoms with van der Waals surface area (Å²) in [7, 11) is 0. The lowest BCUT2D eigenvalue weighted by Gasteiger charge is -2.48. The molecule has 0 radical (unpaired) electrons. The van der Waals surface area contributed by atoms with Crippen LogP contribution in [-0.2, 0) is 22.7 Å². The Bertz CT molecular complexity index is 885. The highest BCUT2D eigenvalue weighted by atomic mass is 16.2. The molecule has 2 saturated heterocycles. The Kier molecular flexibility index (Phi) is 4.47. The fourth-order valence-electron chi connectivity index (χ4n) is 5.88. The lowest BCUT2D eigenvalue weighted by Crippen LogP contribution is -2.58. The lowest BCUT2D eigenvalue weighted by atomic mass is 9.73. The third-order valence-electron chi connectivity index (χ3n) is 7.07. The van der Waals surface area contributed by atoms with Crippen LogP contribution in [0.15, 0.2) is 18.2 Å². The van der Waals surface area contributed by atoms with Crippen molar-refractivity contribution >= 4 is 17.7 Å². The molecule has 3 aliphatic heterocycles. The Morgan fingerprint density at radius 3 is 2.86 bits per heavy atom. The van der Waals surface area contributed by atoms with Crippen LogP contribution in [0, 0.1) is 5.92 Å². The summed E-state index contributed by atoms with van der Waals surface area (Å²) in [5.74, 6) is -0.0694. The van der Waals surface area contributed by atoms with Crippen LogP contribution < -0.4 is 11.1 Å². The number of likely N-dealkylation sites (tertiary alicyclic amines) is 1. The molecule has 4 aliphatic rings. The van der Waals surface area contributed by atoms with Crippen molar-refractivity contribution in [2.75, 3.05) is 13.1 Å². The molecule has 7 nitrogen and oxygen atoms in total. The molecule has 1 aliphatic carbocycles. The van der Waals surface area contributed by atoms with Crippen molar-refractivity contribution in [3.8, 4) is 0 Å². The summed E-state index contributed by atoms with van der Waals surface area (Å²) in [5.41, 5.74) is 9.27. The minimum absolute atomic E-state index is 0.0928. The van der Waals surface area contributed by atoms with E-state index < -0.39 is 6.04 Å². The zero-order valence-electron chi connectivity index (χ0n) is 16.7. The molecule has 5 rings (SSSR count). The zero-order valence-corrected chi connectivity index (χ0v) is 16.7. The van der Waals surface area contributed by atoms with E-state index in [0.717, 1.165) is 42.6 Å². The number of piperidine rings is 2. The molecule has 3 amide bonds. The average Bonchev–Trinajstić information content (AvgIpc) is 2.98. The van der Waals surface area contributed by atoms with Crippen molar-refractivity contribution in [3.05, 3.63) is 34.9 Å². The number of imide groups is 1. The molecule has 3 atom stereocenters. The molecule has 3 heterocycles. The van der Waals surface area contributed by atoms with Gasteiger partial charge >= 0.3 is 0 Å². The minimum Gasteiger partial charge on any atom is -0.324 e. The van der Waals surface area contributed by atoms with E-state index in [2.05, 4.69) is 10.2 Å². The maximum atomic E-state index is 13.3. The molecule has 154 valence electrons. The van der Waals surface area contributed by atoms with Gasteiger partial charge in [-0.3, -0.25) is 24.6 Å². The maximum Gasteiger partial charge on any atom is 0.255 e. The number of hydrogen-bond acceptors (Lipinski definition) is 5. The van der Waals surface area contributed by atoms with Gasteiger partial charge in [0.2, 0.25) is 11.8 Å². The zero-order chi connectivity index (χ0) is 20.2. The molecule has 3 unspecified atom stereocenters. The van der Waals surface area contributed by atoms with Gasteiger partial charge in [0.1, 0.15) is 6.04 Å². The summed E-state index contributed by atoms with van der Waals surface area (Å²) in [6.07, 6.45) is 5.31. The van der Waals surface area contributed by atoms with E-state index in [-0.39, 0.29) is 29.7 Å². The van der Waals surface area contributed by atoms with Crippen LogP contribution >= 0.6 is 0 Å². The largest absolute Gasteiger partial charge is 0.324 e. The van der Waals surface area contributed by atoms with Gasteiger partial charge < -0.3 is 10.6 Å². The van der Waals surface area contributed by atoms with Crippen LogP contribution in [0.1, 0.15) is 60.0 Å². The highest BCUT2D eigenvalue weighted by molar-refractivity contribution is 6.05. The Morgan fingerprint density at radius 2 is 2.07 bits per heavy atom. The first-order valence-corrected chi connectivity index (χ1v) is 10.7. The predicted molar refractivity (Wildman–Crippen MR) is 107 cm³/mol. The van der Waals surface area contributed by atoms with Gasteiger partial charge in [-0.1, -0.05) is 24.6 Å². The van der Waals surface area contributed by atoms with Gasteiger partial charge in [0.05, 0.1) is 0 Å². The SMILES string of the molecule is NC12CCCC(CN(Cc3cccc4c3C(=O)N(C3CCC(=O)NC3=O)C4)C1)C2. The summed E-state index contributed by atoms with van der Waals surface area (Å²) in [6, 6.07) is 5.43. The lowest BCUT2D eigenvalue weighted by molar-refractivity contribution is -0.136. The molecule has 7 heteroatoms. The van der Waals surface area contributed by atoms with E-state index in [1.807, 2.05) is 18.2 Å². The highest BCUT2D eigenvalue weighted by Crippen LogP contribution is 2.37. The standard InChI is InChI=1S/C22H28N4O3/c23-22-8-2-3-14(9-22)10-25(13-22)11-15-4-1-5-16-12-26(21(29)19(15)16)17-6-7-18(27)24-20(17)28/h1,4-5,14,17H,2-3,6-13,23H2,(H,24,27,28). The number of hydrogen-bond donors (Lipinski definition) is 2. The summed E-state index contributed by atoms with van der Waals surface area (Å²) in [4.78, 5) is 41.1. The van der Waals surface area contributed by atoms with Crippen molar-refractivity contribution in [3.63, 3.8) is 0 Å². The van der Waals surface area contributed by atoms with Crippen molar-refractivity contribution in [1.82, 2.24) is 15.1 Å². The van der Waals surface area contributed by atoms with E-state index in [9.17, 15) is 14.4 Å². The molecule has 29 heavy (non-hydrogen) atoms. The van der Waals surface area contributed by atoms with Gasteiger partial charge in [0, 0.05) is 43.7 Å². The molecule has 3 fully saturated rings. The maximum absolute atomic E-state index is 13.3. The third kappa shape index (κ3) is 3.36. The van der Waals surface area contributed by atoms with Gasteiger partial charge in [-0.25, -0.2) is 0 Å². The van der Waals surface area contributed by atoms with Gasteiger partial charge in [-0.05, 0) is 42.7 Å². The van der Waals surface area contributed by atoms with E-state index in [4.69, 9.17) is 5.73 Å². The summed E-state index contributed by atoms with van der Waals surface area (Å²) >= 11 is 0. The Morgan fingerprint density at radius 1 is 1.21 bits per heavy atom. The quantitative estimate of drug-likeness (QED) is 0.748. The van der Waals surface area contributed by atoms with Crippen LogP contribution in [0.4, 0.5) is 0 Å². The second kappa shape index (κ2) is 6.92. The number of benzene rings is 1. The topological polar surface area (TPSA) is 95.7 Å². The molecule has 0 spiro atoms. The first-order chi connectivity index (χ1) is 13.9. The summed E-state index contributed by atoms with van der Waals surface area (Å²) < 4.78 is 0. The van der Waals surface area contributed by atoms with E-state index in [0.29, 0.717) is 25.4 Å². The summed E-state index contributed by atoms with van der Waals surface area (Å²) in [6.45, 7) is 3.05. The normalized spacial score (nSPS) is 32.3. The fraction of sp³-hybridized carbons (Fsp3) is 0.591. The number of carbonyl (C=O) groups is 3. The highest BCUT2D eigenvalue weighted by Gasteiger charge is 2.42. The molecule has 2 bridgehead atoms. The number of carbonyl (C=O) groups excluding carboxylic acids is 3. The predicted octanol–water partition coefficient (Wildman–Crippen LogP) is 1.15. The van der Waals surface area contributed by atoms with Gasteiger partial charge in [-0.15, -0.1) is 0 Å². The first kappa shape index (κ1) is 18.8. The summed E-state index contributed by atoms with van der Waals surface area (Å²) in [5, 5.41) is 2.37. The fourth-order valence-corrected chi connectivity index (χ4v) is 5.88. The van der Waals surface area contributed by atoms with E-state index in [1.165, 1.54) is 12.8 Å². The number of nitrogens with one attached hydrogen (secondary N) is 1. The number of fused-ring (bicyclic) bond motifs is 3. The smallest absolute Gasteiger partial charge is 0.255 e. The number of amides is 3. The second-order valence-electron chi connectivity index (χ2n) is 9.35. The molecule has 1 aromatic carbocycles. The number of rotatable bonds is 3. The second-order valence-corrected chi connectivity index (χ2v) is 9.35. The third-order valence-corrected chi connectivity index (χ3v) is 7.07. The van der Waals surface area contributed by atoms with Crippen LogP contribution in [0.5, 0.6) is 0 Å². The van der Waals surface area contributed by atoms with Gasteiger partial charge in [-0.2, -0.15) is 0 Å². The van der Waals surface area contributed by atoms with Crippen LogP contribution in [-0.4, -0.2) is 52.2 Å². The van der Waals surface area contributed by atoms with Gasteiger partial charge in [0.15, 0.2) is 0 Å². The van der Waals surface area contributed by atoms with Crippen LogP contribution in [0.3, 0.4) is 0 Å². The molecule has 3 N–H and O–H groups in total. The van der Waals surface area contributed by atoms with Crippen molar-refractivity contribution < 1.29 is 14.4 Å². The molecule has 1 saturated carbocycles. The van der Waals surface area contributed by atoms with Gasteiger partial charge in [0.25, 0.3) is 5.91 Å². The van der Waals surface area contributed by atoms with Crippen molar-refractivity contribution in [1.29, 1.82) is 0 Å². The molecular formula is C22H28N4O3. The van der Waals surface area contributed by atoms with Crippen LogP contribution in [0.25, 0.3) is 0 Å². The van der Waals surface area contributed by atoms with E-state index in [1.54, 1.807) is 4.90 Å². The first-order valence-electron chi connectivity index (χ1n) is 10.7. The van der Waals surface area contributed by atoms with E-state index >= 15 is 0 Å². The minimum atomic E-state index is -0.567. The Balaban J connectivity index is 1.36. The molecule has 1 aromatic rings. The number of nitrogens with zero attached hydrogens (tertiary/aromatic N) is 2. The Hall–Kier alpha value is -2.25. The average molecular weight is 396 g/mol. The van der Waals surface area contributed by atoms with Crippen LogP contribution in [0.2, 0.25) is 0 Å². The van der Waals surface area contributed by atoms with Crippen molar-refractivity contribution in [2.45, 2.75) is 63.2 Å². The van der Waals surface area contributed by atoms with Crippen molar-refractivity contribution in [2.24, 2.45) is 11.7 Å². The monoisotopic (exact) mass is 396 g/mol. The number of nitrogens with two attached hydrogens (primary N) is 1. The molecule has 0 aromatic heterocycles. The molecular weight excluding hydrogens is 368 g/mol.